The summed E-state index contributed by atoms with van der Waals surface area (Å²) in [4.78, 5) is 2.63. The number of nitrogens with one attached hydrogen (secondary N) is 1. The number of benzene rings is 1. The Hall–Kier alpha value is -1.21. The normalized spacial score (nSPS) is 42.5. The first-order valence-electron chi connectivity index (χ1n) is 15.0. The lowest BCUT2D eigenvalue weighted by Gasteiger charge is -2.65. The Labute approximate surface area is 233 Å². The van der Waals surface area contributed by atoms with Gasteiger partial charge in [-0.15, -0.1) is 0 Å². The zero-order valence-electron chi connectivity index (χ0n) is 23.6. The lowest BCUT2D eigenvalue weighted by Crippen LogP contribution is -2.64. The van der Waals surface area contributed by atoms with Gasteiger partial charge in [-0.2, -0.15) is 11.8 Å². The van der Waals surface area contributed by atoms with Gasteiger partial charge in [-0.05, 0) is 79.9 Å². The molecule has 2 heterocycles. The van der Waals surface area contributed by atoms with Crippen molar-refractivity contribution in [3.8, 4) is 11.5 Å². The van der Waals surface area contributed by atoms with Crippen molar-refractivity contribution in [3.63, 3.8) is 0 Å². The molecular formula is C32H46N2O3S. The number of aliphatic hydroxyl groups is 1. The van der Waals surface area contributed by atoms with Crippen LogP contribution in [0.3, 0.4) is 0 Å². The Bertz CT molecular complexity index is 1100. The molecule has 0 unspecified atom stereocenters. The Morgan fingerprint density at radius 1 is 1.13 bits per heavy atom. The molecule has 0 amide bonds. The Morgan fingerprint density at radius 3 is 2.71 bits per heavy atom. The van der Waals surface area contributed by atoms with Crippen molar-refractivity contribution in [1.82, 2.24) is 10.2 Å². The van der Waals surface area contributed by atoms with E-state index in [9.17, 15) is 5.11 Å². The van der Waals surface area contributed by atoms with Gasteiger partial charge in [0.25, 0.3) is 0 Å². The van der Waals surface area contributed by atoms with Crippen LogP contribution in [0.4, 0.5) is 0 Å². The van der Waals surface area contributed by atoms with Crippen LogP contribution >= 0.6 is 11.8 Å². The van der Waals surface area contributed by atoms with Gasteiger partial charge in [0.15, 0.2) is 11.5 Å². The maximum atomic E-state index is 10.3. The standard InChI is InChI=1S/C32H46N2O3S/c1-29-15-22-16-30(2,19-29)21-31(17-22,20-29)33-9-12-38-13-11-34-10-8-32-7-6-24(35)14-26(32)37-28-25(36-3)5-4-23(18-34)27(28)32/h4-7,22,24,26,33,35H,8-21H2,1-3H3/t22-,24-,26-,29+,30-,31+,32-/m0/s1. The zero-order valence-corrected chi connectivity index (χ0v) is 24.4. The quantitative estimate of drug-likeness (QED) is 0.346. The first kappa shape index (κ1) is 25.7. The van der Waals surface area contributed by atoms with E-state index in [0.29, 0.717) is 22.8 Å². The lowest BCUT2D eigenvalue weighted by atomic mass is 9.43. The number of nitrogens with zero attached hydrogens (tertiary/aromatic N) is 1. The van der Waals surface area contributed by atoms with Gasteiger partial charge in [0, 0.05) is 48.7 Å². The molecule has 2 N–H and O–H groups in total. The van der Waals surface area contributed by atoms with Crippen molar-refractivity contribution >= 4 is 11.8 Å². The van der Waals surface area contributed by atoms with E-state index in [4.69, 9.17) is 9.47 Å². The number of ether oxygens (including phenoxy) is 2. The molecule has 208 valence electrons. The second-order valence-electron chi connectivity index (χ2n) is 14.4. The van der Waals surface area contributed by atoms with Crippen LogP contribution in [0.1, 0.15) is 76.3 Å². The Morgan fingerprint density at radius 2 is 1.95 bits per heavy atom. The number of rotatable bonds is 8. The summed E-state index contributed by atoms with van der Waals surface area (Å²) in [5.41, 5.74) is 4.10. The van der Waals surface area contributed by atoms with Gasteiger partial charge in [0.2, 0.25) is 0 Å². The molecule has 1 aromatic rings. The minimum atomic E-state index is -0.428. The fourth-order valence-corrected chi connectivity index (χ4v) is 11.4. The molecule has 4 fully saturated rings. The molecule has 0 aromatic heterocycles. The molecule has 1 spiro atoms. The van der Waals surface area contributed by atoms with E-state index in [0.717, 1.165) is 50.0 Å². The summed E-state index contributed by atoms with van der Waals surface area (Å²) in [6.07, 6.45) is 14.1. The lowest BCUT2D eigenvalue weighted by molar-refractivity contribution is -0.117. The van der Waals surface area contributed by atoms with E-state index in [1.165, 1.54) is 61.2 Å². The third-order valence-corrected chi connectivity index (χ3v) is 11.9. The molecule has 1 aromatic carbocycles. The monoisotopic (exact) mass is 538 g/mol. The van der Waals surface area contributed by atoms with E-state index in [1.807, 2.05) is 6.08 Å². The molecule has 5 aliphatic carbocycles. The number of hydrogen-bond acceptors (Lipinski definition) is 6. The summed E-state index contributed by atoms with van der Waals surface area (Å²) in [6, 6.07) is 4.31. The fraction of sp³-hybridized carbons (Fsp3) is 0.750. The van der Waals surface area contributed by atoms with Crippen LogP contribution in [0, 0.1) is 16.7 Å². The summed E-state index contributed by atoms with van der Waals surface area (Å²) >= 11 is 2.11. The second-order valence-corrected chi connectivity index (χ2v) is 15.6. The molecule has 6 heteroatoms. The van der Waals surface area contributed by atoms with Crippen molar-refractivity contribution in [2.24, 2.45) is 16.7 Å². The van der Waals surface area contributed by atoms with Crippen LogP contribution in [0.15, 0.2) is 24.3 Å². The van der Waals surface area contributed by atoms with E-state index >= 15 is 0 Å². The van der Waals surface area contributed by atoms with Crippen molar-refractivity contribution < 1.29 is 14.6 Å². The number of aliphatic hydroxyl groups excluding tert-OH is 1. The van der Waals surface area contributed by atoms with Gasteiger partial charge < -0.3 is 19.9 Å². The number of methoxy groups -OCH3 is 1. The van der Waals surface area contributed by atoms with Crippen LogP contribution in [-0.2, 0) is 12.0 Å². The van der Waals surface area contributed by atoms with Gasteiger partial charge >= 0.3 is 0 Å². The van der Waals surface area contributed by atoms with E-state index < -0.39 is 6.10 Å². The first-order chi connectivity index (χ1) is 18.2. The van der Waals surface area contributed by atoms with Gasteiger partial charge in [-0.3, -0.25) is 4.90 Å². The van der Waals surface area contributed by atoms with Gasteiger partial charge in [0.1, 0.15) is 6.10 Å². The summed E-state index contributed by atoms with van der Waals surface area (Å²) in [6.45, 7) is 9.41. The average molecular weight is 539 g/mol. The third-order valence-electron chi connectivity index (χ3n) is 11.0. The van der Waals surface area contributed by atoms with Crippen LogP contribution in [0.25, 0.3) is 0 Å². The maximum Gasteiger partial charge on any atom is 0.166 e. The summed E-state index contributed by atoms with van der Waals surface area (Å²) in [7, 11) is 1.72. The van der Waals surface area contributed by atoms with Gasteiger partial charge in [-0.1, -0.05) is 32.1 Å². The molecule has 2 aliphatic heterocycles. The molecule has 5 nitrogen and oxygen atoms in total. The molecule has 4 bridgehead atoms. The Balaban J connectivity index is 0.956. The molecule has 0 radical (unpaired) electrons. The Kier molecular flexibility index (Phi) is 6.20. The highest BCUT2D eigenvalue weighted by Crippen LogP contribution is 2.66. The third kappa shape index (κ3) is 4.24. The molecule has 4 saturated carbocycles. The molecule has 0 saturated heterocycles. The molecule has 7 atom stereocenters. The minimum absolute atomic E-state index is 0.0120. The number of thioether (sulfide) groups is 1. The summed E-state index contributed by atoms with van der Waals surface area (Å²) in [5.74, 6) is 5.05. The smallest absolute Gasteiger partial charge is 0.166 e. The summed E-state index contributed by atoms with van der Waals surface area (Å²) < 4.78 is 12.2. The van der Waals surface area contributed by atoms with Crippen LogP contribution in [0.5, 0.6) is 11.5 Å². The molecule has 8 rings (SSSR count). The first-order valence-corrected chi connectivity index (χ1v) is 16.2. The van der Waals surface area contributed by atoms with Crippen LogP contribution < -0.4 is 14.8 Å². The zero-order chi connectivity index (χ0) is 26.2. The minimum Gasteiger partial charge on any atom is -0.493 e. The van der Waals surface area contributed by atoms with E-state index in [-0.39, 0.29) is 11.5 Å². The van der Waals surface area contributed by atoms with Gasteiger partial charge in [-0.25, -0.2) is 0 Å². The van der Waals surface area contributed by atoms with Gasteiger partial charge in [0.05, 0.1) is 18.6 Å². The highest BCUT2D eigenvalue weighted by atomic mass is 32.2. The predicted molar refractivity (Wildman–Crippen MR) is 154 cm³/mol. The van der Waals surface area contributed by atoms with Crippen LogP contribution in [0.2, 0.25) is 0 Å². The molecule has 7 aliphatic rings. The number of hydrogen-bond donors (Lipinski definition) is 2. The SMILES string of the molecule is COc1ccc2c3c1O[C@H]1C[C@@H](O)C=C[C@@]31CCN(CCSCCN[C@]13C[C@@H]4C[C@@](C)(C[C@@](C)(C4)C1)C3)C2. The molecular weight excluding hydrogens is 492 g/mol. The van der Waals surface area contributed by atoms with E-state index in [1.54, 1.807) is 7.11 Å². The van der Waals surface area contributed by atoms with Crippen molar-refractivity contribution in [3.05, 3.63) is 35.4 Å². The predicted octanol–water partition coefficient (Wildman–Crippen LogP) is 5.29. The highest BCUT2D eigenvalue weighted by Gasteiger charge is 2.59. The van der Waals surface area contributed by atoms with E-state index in [2.05, 4.69) is 54.0 Å². The largest absolute Gasteiger partial charge is 0.493 e. The highest BCUT2D eigenvalue weighted by molar-refractivity contribution is 7.99. The fourth-order valence-electron chi connectivity index (χ4n) is 10.5. The molecule has 38 heavy (non-hydrogen) atoms. The summed E-state index contributed by atoms with van der Waals surface area (Å²) in [5, 5.41) is 14.4. The van der Waals surface area contributed by atoms with Crippen LogP contribution in [-0.4, -0.2) is 66.0 Å². The average Bonchev–Trinajstić information content (AvgIpc) is 3.07. The second kappa shape index (κ2) is 9.15. The van der Waals surface area contributed by atoms with Crippen molar-refractivity contribution in [2.75, 3.05) is 38.2 Å². The topological polar surface area (TPSA) is 54.0 Å². The van der Waals surface area contributed by atoms with Crippen molar-refractivity contribution in [1.29, 1.82) is 0 Å². The van der Waals surface area contributed by atoms with Crippen molar-refractivity contribution in [2.45, 2.75) is 94.9 Å². The maximum absolute atomic E-state index is 10.3.